The van der Waals surface area contributed by atoms with Crippen molar-refractivity contribution in [2.75, 3.05) is 0 Å². The molecule has 0 aliphatic carbocycles. The standard InChI is InChI=1S/C4H7.CH3.ClH.Mg/c1-3-4-2;;;/h3-4H,1H2,2H3;1H3;1H;/q2*-1;;+2. The van der Waals surface area contributed by atoms with E-state index in [1.165, 1.54) is 0 Å². The second-order valence-corrected chi connectivity index (χ2v) is 0.569. The summed E-state index contributed by atoms with van der Waals surface area (Å²) in [5.41, 5.74) is 0. The van der Waals surface area contributed by atoms with Gasteiger partial charge < -0.3 is 7.43 Å². The molecule has 0 bridgehead atoms. The van der Waals surface area contributed by atoms with Gasteiger partial charge in [0.1, 0.15) is 0 Å². The molecule has 7 heavy (non-hydrogen) atoms. The summed E-state index contributed by atoms with van der Waals surface area (Å²) in [5, 5.41) is 0. The van der Waals surface area contributed by atoms with Gasteiger partial charge in [0, 0.05) is 0 Å². The smallest absolute Gasteiger partial charge is 0.358 e. The number of halogens is 1. The van der Waals surface area contributed by atoms with Crippen LogP contribution in [0.15, 0.2) is 12.2 Å². The maximum atomic E-state index is 3.42. The van der Waals surface area contributed by atoms with E-state index in [1.807, 2.05) is 13.0 Å². The molecule has 0 heterocycles. The SMILES string of the molecule is Cl.[CH2-]C=CC.[CH3-].[Mg+2]. The van der Waals surface area contributed by atoms with Gasteiger partial charge in [-0.1, -0.05) is 0 Å². The van der Waals surface area contributed by atoms with E-state index in [0.29, 0.717) is 0 Å². The van der Waals surface area contributed by atoms with Gasteiger partial charge in [-0.3, -0.25) is 0 Å². The zero-order valence-corrected chi connectivity index (χ0v) is 7.21. The summed E-state index contributed by atoms with van der Waals surface area (Å²) in [4.78, 5) is 0. The predicted molar refractivity (Wildman–Crippen MR) is 39.6 cm³/mol. The Morgan fingerprint density at radius 1 is 1.43 bits per heavy atom. The molecule has 0 amide bonds. The van der Waals surface area contributed by atoms with E-state index in [2.05, 4.69) is 6.92 Å². The molecule has 0 fully saturated rings. The Hall–Kier alpha value is 0.666. The van der Waals surface area contributed by atoms with Crippen LogP contribution in [-0.4, -0.2) is 23.1 Å². The van der Waals surface area contributed by atoms with Crippen molar-refractivity contribution >= 4 is 35.5 Å². The van der Waals surface area contributed by atoms with E-state index in [4.69, 9.17) is 0 Å². The molecular weight excluding hydrogens is 120 g/mol. The molecule has 0 aromatic heterocycles. The summed E-state index contributed by atoms with van der Waals surface area (Å²) in [7, 11) is 0. The van der Waals surface area contributed by atoms with Crippen molar-refractivity contribution < 1.29 is 0 Å². The van der Waals surface area contributed by atoms with Crippen molar-refractivity contribution in [3.8, 4) is 0 Å². The summed E-state index contributed by atoms with van der Waals surface area (Å²) < 4.78 is 0. The van der Waals surface area contributed by atoms with E-state index >= 15 is 0 Å². The normalized spacial score (nSPS) is 5.29. The second kappa shape index (κ2) is 30.1. The van der Waals surface area contributed by atoms with Gasteiger partial charge in [-0.15, -0.1) is 19.3 Å². The van der Waals surface area contributed by atoms with Gasteiger partial charge in [0.2, 0.25) is 0 Å². The van der Waals surface area contributed by atoms with Crippen molar-refractivity contribution in [1.29, 1.82) is 0 Å². The van der Waals surface area contributed by atoms with E-state index in [9.17, 15) is 0 Å². The summed E-state index contributed by atoms with van der Waals surface area (Å²) in [6, 6.07) is 0. The Morgan fingerprint density at radius 2 is 1.57 bits per heavy atom. The number of allylic oxidation sites excluding steroid dienone is 2. The van der Waals surface area contributed by atoms with E-state index in [-0.39, 0.29) is 42.9 Å². The molecule has 0 aromatic carbocycles. The van der Waals surface area contributed by atoms with Crippen LogP contribution in [-0.2, 0) is 0 Å². The van der Waals surface area contributed by atoms with Gasteiger partial charge >= 0.3 is 23.1 Å². The van der Waals surface area contributed by atoms with Crippen molar-refractivity contribution in [3.05, 3.63) is 26.5 Å². The molecule has 0 atom stereocenters. The van der Waals surface area contributed by atoms with Gasteiger partial charge in [-0.25, -0.2) is 19.1 Å². The summed E-state index contributed by atoms with van der Waals surface area (Å²) in [5.74, 6) is 0. The molecule has 0 saturated heterocycles. The minimum atomic E-state index is 0. The fraction of sp³-hybridized carbons (Fsp3) is 0.200. The molecule has 0 rings (SSSR count). The van der Waals surface area contributed by atoms with Gasteiger partial charge in [-0.05, 0) is 0 Å². The first-order valence-corrected chi connectivity index (χ1v) is 1.32. The minimum absolute atomic E-state index is 0. The predicted octanol–water partition coefficient (Wildman–Crippen LogP) is 1.89. The minimum Gasteiger partial charge on any atom is -0.358 e. The maximum Gasteiger partial charge on any atom is 2.00 e. The fourth-order valence-corrected chi connectivity index (χ4v) is 0. The van der Waals surface area contributed by atoms with Crippen LogP contribution in [0.25, 0.3) is 0 Å². The summed E-state index contributed by atoms with van der Waals surface area (Å²) in [6.07, 6.45) is 3.64. The van der Waals surface area contributed by atoms with Crippen molar-refractivity contribution in [2.24, 2.45) is 0 Å². The van der Waals surface area contributed by atoms with Crippen LogP contribution in [0.5, 0.6) is 0 Å². The summed E-state index contributed by atoms with van der Waals surface area (Å²) in [6.45, 7) is 5.36. The van der Waals surface area contributed by atoms with Gasteiger partial charge in [-0.2, -0.15) is 0 Å². The first kappa shape index (κ1) is 25.3. The maximum absolute atomic E-state index is 3.42. The molecule has 2 heteroatoms. The van der Waals surface area contributed by atoms with Crippen molar-refractivity contribution in [2.45, 2.75) is 6.92 Å². The third kappa shape index (κ3) is 52.3. The van der Waals surface area contributed by atoms with Crippen LogP contribution in [0.3, 0.4) is 0 Å². The zero-order valence-electron chi connectivity index (χ0n) is 4.98. The summed E-state index contributed by atoms with van der Waals surface area (Å²) >= 11 is 0. The molecular formula is C5H11ClMg. The first-order chi connectivity index (χ1) is 1.91. The monoisotopic (exact) mass is 130 g/mol. The van der Waals surface area contributed by atoms with Crippen LogP contribution in [0.2, 0.25) is 0 Å². The van der Waals surface area contributed by atoms with Gasteiger partial charge in [0.25, 0.3) is 0 Å². The van der Waals surface area contributed by atoms with E-state index in [1.54, 1.807) is 6.08 Å². The Kier molecular flexibility index (Phi) is 109. The van der Waals surface area contributed by atoms with Crippen LogP contribution in [0.1, 0.15) is 6.92 Å². The average Bonchev–Trinajstić information content (AvgIpc) is 1.37. The van der Waals surface area contributed by atoms with Crippen LogP contribution in [0.4, 0.5) is 0 Å². The largest absolute Gasteiger partial charge is 2.00 e. The van der Waals surface area contributed by atoms with E-state index < -0.39 is 0 Å². The molecule has 0 aliphatic rings. The van der Waals surface area contributed by atoms with Crippen molar-refractivity contribution in [1.82, 2.24) is 0 Å². The third-order valence-electron chi connectivity index (χ3n) is 0.236. The molecule has 0 N–H and O–H groups in total. The number of rotatable bonds is 0. The molecule has 0 unspecified atom stereocenters. The van der Waals surface area contributed by atoms with Crippen molar-refractivity contribution in [3.63, 3.8) is 0 Å². The van der Waals surface area contributed by atoms with Crippen LogP contribution in [0, 0.1) is 14.4 Å². The molecule has 0 spiro atoms. The number of hydrogen-bond acceptors (Lipinski definition) is 0. The second-order valence-electron chi connectivity index (χ2n) is 0.569. The van der Waals surface area contributed by atoms with Crippen LogP contribution >= 0.6 is 12.4 Å². The van der Waals surface area contributed by atoms with Crippen LogP contribution < -0.4 is 0 Å². The molecule has 0 saturated carbocycles. The molecule has 0 aromatic rings. The zero-order chi connectivity index (χ0) is 3.41. The Morgan fingerprint density at radius 3 is 1.57 bits per heavy atom. The third-order valence-corrected chi connectivity index (χ3v) is 0.236. The Labute approximate surface area is 68.9 Å². The molecule has 0 radical (unpaired) electrons. The molecule has 0 nitrogen and oxygen atoms in total. The quantitative estimate of drug-likeness (QED) is 0.347. The number of hydrogen-bond donors (Lipinski definition) is 0. The average molecular weight is 131 g/mol. The fourth-order valence-electron chi connectivity index (χ4n) is 0. The molecule has 40 valence electrons. The van der Waals surface area contributed by atoms with Gasteiger partial charge in [0.15, 0.2) is 0 Å². The Bertz CT molecular complexity index is 23.3. The van der Waals surface area contributed by atoms with E-state index in [0.717, 1.165) is 0 Å². The van der Waals surface area contributed by atoms with Gasteiger partial charge in [0.05, 0.1) is 0 Å². The molecule has 0 aliphatic heterocycles. The Balaban J connectivity index is -0.0000000150. The first-order valence-electron chi connectivity index (χ1n) is 1.32. The topological polar surface area (TPSA) is 0 Å².